The Kier molecular flexibility index (Phi) is 5.27. The number of nitrogens with one attached hydrogen (secondary N) is 1. The highest BCUT2D eigenvalue weighted by atomic mass is 16.5. The molecule has 1 heterocycles. The summed E-state index contributed by atoms with van der Waals surface area (Å²) in [7, 11) is 0. The van der Waals surface area contributed by atoms with E-state index < -0.39 is 5.97 Å². The second-order valence-corrected chi connectivity index (χ2v) is 6.98. The van der Waals surface area contributed by atoms with E-state index in [4.69, 9.17) is 14.7 Å². The zero-order valence-electron chi connectivity index (χ0n) is 16.4. The van der Waals surface area contributed by atoms with Crippen molar-refractivity contribution >= 4 is 17.3 Å². The minimum atomic E-state index is -1.13. The standard InChI is InChI=1S/C24H20N2O4/c1-2-3-9-29-18-6-4-5-16(12-18)17-7-8-21-20(13-17)26-23-19(24(27)28)10-15(14-25)11-22(23)30-21/h4-8,10-13,26H,2-3,9H2,1H3,(H,27,28). The summed E-state index contributed by atoms with van der Waals surface area (Å²) >= 11 is 0. The van der Waals surface area contributed by atoms with Crippen LogP contribution in [0, 0.1) is 11.3 Å². The number of carbonyl (C=O) groups is 1. The Morgan fingerprint density at radius 1 is 1.13 bits per heavy atom. The van der Waals surface area contributed by atoms with Gasteiger partial charge >= 0.3 is 5.97 Å². The molecule has 0 spiro atoms. The predicted octanol–water partition coefficient (Wildman–Crippen LogP) is 5.95. The second-order valence-electron chi connectivity index (χ2n) is 6.98. The predicted molar refractivity (Wildman–Crippen MR) is 114 cm³/mol. The molecule has 0 atom stereocenters. The smallest absolute Gasteiger partial charge is 0.338 e. The summed E-state index contributed by atoms with van der Waals surface area (Å²) in [6, 6.07) is 18.4. The van der Waals surface area contributed by atoms with Gasteiger partial charge in [-0.05, 0) is 47.9 Å². The summed E-state index contributed by atoms with van der Waals surface area (Å²) in [6.45, 7) is 2.80. The molecule has 0 saturated heterocycles. The highest BCUT2D eigenvalue weighted by Gasteiger charge is 2.24. The van der Waals surface area contributed by atoms with Crippen molar-refractivity contribution in [2.24, 2.45) is 0 Å². The van der Waals surface area contributed by atoms with Gasteiger partial charge in [0.1, 0.15) is 5.75 Å². The molecule has 3 aromatic rings. The van der Waals surface area contributed by atoms with Crippen LogP contribution in [0.2, 0.25) is 0 Å². The van der Waals surface area contributed by atoms with Crippen LogP contribution in [0.5, 0.6) is 17.2 Å². The molecule has 0 radical (unpaired) electrons. The molecule has 4 rings (SSSR count). The molecule has 0 amide bonds. The fraction of sp³-hybridized carbons (Fsp3) is 0.167. The van der Waals surface area contributed by atoms with Gasteiger partial charge in [0.2, 0.25) is 0 Å². The average molecular weight is 400 g/mol. The molecule has 0 bridgehead atoms. The van der Waals surface area contributed by atoms with Crippen LogP contribution in [0.3, 0.4) is 0 Å². The number of nitrogens with zero attached hydrogens (tertiary/aromatic N) is 1. The van der Waals surface area contributed by atoms with Crippen molar-refractivity contribution in [1.29, 1.82) is 5.26 Å². The largest absolute Gasteiger partial charge is 0.494 e. The maximum atomic E-state index is 11.7. The number of nitriles is 1. The van der Waals surface area contributed by atoms with E-state index in [0.29, 0.717) is 29.5 Å². The van der Waals surface area contributed by atoms with Gasteiger partial charge in [-0.25, -0.2) is 4.79 Å². The first-order valence-corrected chi connectivity index (χ1v) is 9.72. The van der Waals surface area contributed by atoms with Gasteiger partial charge in [0.05, 0.1) is 35.2 Å². The van der Waals surface area contributed by atoms with E-state index in [1.165, 1.54) is 12.1 Å². The van der Waals surface area contributed by atoms with Crippen LogP contribution in [-0.2, 0) is 0 Å². The monoisotopic (exact) mass is 400 g/mol. The van der Waals surface area contributed by atoms with Crippen LogP contribution in [-0.4, -0.2) is 17.7 Å². The van der Waals surface area contributed by atoms with Crippen molar-refractivity contribution in [2.45, 2.75) is 19.8 Å². The van der Waals surface area contributed by atoms with Crippen molar-refractivity contribution in [2.75, 3.05) is 11.9 Å². The van der Waals surface area contributed by atoms with E-state index in [9.17, 15) is 9.90 Å². The van der Waals surface area contributed by atoms with Gasteiger partial charge in [-0.1, -0.05) is 31.5 Å². The van der Waals surface area contributed by atoms with Gasteiger partial charge in [-0.15, -0.1) is 0 Å². The Morgan fingerprint density at radius 3 is 2.73 bits per heavy atom. The van der Waals surface area contributed by atoms with E-state index in [1.54, 1.807) is 0 Å². The summed E-state index contributed by atoms with van der Waals surface area (Å²) in [5.41, 5.74) is 3.14. The van der Waals surface area contributed by atoms with Crippen LogP contribution in [0.4, 0.5) is 11.4 Å². The molecule has 150 valence electrons. The Bertz CT molecular complexity index is 1160. The average Bonchev–Trinajstić information content (AvgIpc) is 2.76. The number of ether oxygens (including phenoxy) is 2. The zero-order valence-corrected chi connectivity index (χ0v) is 16.4. The molecule has 0 unspecified atom stereocenters. The van der Waals surface area contributed by atoms with Gasteiger partial charge in [0.15, 0.2) is 11.5 Å². The molecule has 6 heteroatoms. The second kappa shape index (κ2) is 8.18. The summed E-state index contributed by atoms with van der Waals surface area (Å²) in [5.74, 6) is 0.562. The van der Waals surface area contributed by atoms with Crippen LogP contribution in [0.15, 0.2) is 54.6 Å². The van der Waals surface area contributed by atoms with Gasteiger partial charge in [-0.2, -0.15) is 5.26 Å². The van der Waals surface area contributed by atoms with E-state index in [0.717, 1.165) is 29.7 Å². The molecule has 3 aromatic carbocycles. The first-order chi connectivity index (χ1) is 14.6. The van der Waals surface area contributed by atoms with Crippen LogP contribution in [0.25, 0.3) is 11.1 Å². The van der Waals surface area contributed by atoms with Crippen LogP contribution in [0.1, 0.15) is 35.7 Å². The van der Waals surface area contributed by atoms with Crippen molar-refractivity contribution in [3.8, 4) is 34.4 Å². The van der Waals surface area contributed by atoms with E-state index >= 15 is 0 Å². The highest BCUT2D eigenvalue weighted by molar-refractivity contribution is 5.99. The highest BCUT2D eigenvalue weighted by Crippen LogP contribution is 2.45. The number of carboxylic acid groups (broad SMARTS) is 1. The molecule has 1 aliphatic rings. The van der Waals surface area contributed by atoms with Crippen LogP contribution >= 0.6 is 0 Å². The molecular weight excluding hydrogens is 380 g/mol. The maximum Gasteiger partial charge on any atom is 0.338 e. The molecule has 2 N–H and O–H groups in total. The molecule has 0 aromatic heterocycles. The van der Waals surface area contributed by atoms with Crippen molar-refractivity contribution in [3.05, 3.63) is 65.7 Å². The zero-order chi connectivity index (χ0) is 21.1. The van der Waals surface area contributed by atoms with Gasteiger partial charge in [0.25, 0.3) is 0 Å². The van der Waals surface area contributed by atoms with Crippen molar-refractivity contribution in [1.82, 2.24) is 0 Å². The SMILES string of the molecule is CCCCOc1cccc(-c2ccc3c(c2)Nc2c(cc(C#N)cc2C(=O)O)O3)c1. The lowest BCUT2D eigenvalue weighted by atomic mass is 10.0. The fourth-order valence-electron chi connectivity index (χ4n) is 3.31. The number of fused-ring (bicyclic) bond motifs is 2. The lowest BCUT2D eigenvalue weighted by Gasteiger charge is -2.24. The molecule has 30 heavy (non-hydrogen) atoms. The molecule has 0 fully saturated rings. The third-order valence-electron chi connectivity index (χ3n) is 4.85. The maximum absolute atomic E-state index is 11.7. The van der Waals surface area contributed by atoms with Gasteiger partial charge in [-0.3, -0.25) is 0 Å². The van der Waals surface area contributed by atoms with E-state index in [1.807, 2.05) is 48.5 Å². The van der Waals surface area contributed by atoms with Crippen molar-refractivity contribution in [3.63, 3.8) is 0 Å². The molecule has 1 aliphatic heterocycles. The first kappa shape index (κ1) is 19.3. The summed E-state index contributed by atoms with van der Waals surface area (Å²) in [5, 5.41) is 21.9. The molecule has 0 saturated carbocycles. The lowest BCUT2D eigenvalue weighted by Crippen LogP contribution is -2.09. The first-order valence-electron chi connectivity index (χ1n) is 9.72. The Labute approximate surface area is 174 Å². The minimum absolute atomic E-state index is 0.00794. The normalized spacial score (nSPS) is 11.3. The number of aromatic carboxylic acids is 1. The number of unbranched alkanes of at least 4 members (excludes halogenated alkanes) is 1. The summed E-state index contributed by atoms with van der Waals surface area (Å²) in [6.07, 6.45) is 2.08. The number of rotatable bonds is 6. The van der Waals surface area contributed by atoms with Crippen molar-refractivity contribution < 1.29 is 19.4 Å². The van der Waals surface area contributed by atoms with Gasteiger partial charge < -0.3 is 19.9 Å². The number of benzene rings is 3. The number of hydrogen-bond acceptors (Lipinski definition) is 5. The number of carboxylic acids is 1. The Hall–Kier alpha value is -3.98. The van der Waals surface area contributed by atoms with E-state index in [-0.39, 0.29) is 11.1 Å². The van der Waals surface area contributed by atoms with Gasteiger partial charge in [0, 0.05) is 6.07 Å². The minimum Gasteiger partial charge on any atom is -0.494 e. The Balaban J connectivity index is 1.66. The lowest BCUT2D eigenvalue weighted by molar-refractivity contribution is 0.0697. The van der Waals surface area contributed by atoms with Crippen LogP contribution < -0.4 is 14.8 Å². The Morgan fingerprint density at radius 2 is 1.97 bits per heavy atom. The summed E-state index contributed by atoms with van der Waals surface area (Å²) < 4.78 is 11.7. The third kappa shape index (κ3) is 3.78. The topological polar surface area (TPSA) is 91.6 Å². The quantitative estimate of drug-likeness (QED) is 0.389. The third-order valence-corrected chi connectivity index (χ3v) is 4.85. The number of hydrogen-bond donors (Lipinski definition) is 2. The summed E-state index contributed by atoms with van der Waals surface area (Å²) in [4.78, 5) is 11.7. The number of anilines is 2. The van der Waals surface area contributed by atoms with E-state index in [2.05, 4.69) is 12.2 Å². The molecular formula is C24H20N2O4. The molecule has 6 nitrogen and oxygen atoms in total. The molecule has 0 aliphatic carbocycles. The fourth-order valence-corrected chi connectivity index (χ4v) is 3.31.